The number of morpholine rings is 2. The summed E-state index contributed by atoms with van der Waals surface area (Å²) in [6.07, 6.45) is 13.2. The largest absolute Gasteiger partial charge is 0.381 e. The van der Waals surface area contributed by atoms with E-state index in [0.29, 0.717) is 58.2 Å². The standard InChI is InChI=1S/C30H38ClN7O2S2.C26H30ClN7OS/c1-29(2,3)42(39)36-25-21-7-5-4-6-20(21)18-30(25)9-12-37(13-10-30)23-19-34-28(26(32)35-23)41-22-8-11-33-27(24(22)31)38-14-16-40-17-15-38;27-21-19(5-8-30-24(21)34-11-13-35-14-12-34)36-25-23(29)32-20(16-31-25)33-9-6-26(7-10-33)15-17-3-1-2-4-18(17)22(26)28/h4-8,11,19,25,36H,9-10,12-18H2,1-3H3,(H2,32,35);1-5,8,16,22H,6-7,9-15,28H2,(H2,29,32)/t25-,42-;22-/m11/s1. The van der Waals surface area contributed by atoms with E-state index in [0.717, 1.165) is 124 Å². The van der Waals surface area contributed by atoms with E-state index >= 15 is 0 Å². The summed E-state index contributed by atoms with van der Waals surface area (Å²) in [6.45, 7) is 15.2. The quantitative estimate of drug-likeness (QED) is 0.101. The average molecular weight is 1150 g/mol. The second-order valence-electron chi connectivity index (χ2n) is 22.0. The molecule has 0 radical (unpaired) electrons. The lowest BCUT2D eigenvalue weighted by atomic mass is 9.73. The summed E-state index contributed by atoms with van der Waals surface area (Å²) in [5.74, 6) is 3.90. The third kappa shape index (κ3) is 11.3. The number of aromatic nitrogens is 6. The van der Waals surface area contributed by atoms with Crippen molar-refractivity contribution in [1.29, 1.82) is 0 Å². The van der Waals surface area contributed by atoms with Gasteiger partial charge in [-0.2, -0.15) is 0 Å². The Labute approximate surface area is 478 Å². The number of ether oxygens (including phenoxy) is 2. The number of halogens is 2. The van der Waals surface area contributed by atoms with Gasteiger partial charge < -0.3 is 46.3 Å². The summed E-state index contributed by atoms with van der Waals surface area (Å²) in [5, 5.41) is 2.45. The average Bonchev–Trinajstić information content (AvgIpc) is 4.01. The Kier molecular flexibility index (Phi) is 16.3. The lowest BCUT2D eigenvalue weighted by Crippen LogP contribution is -2.48. The minimum atomic E-state index is -1.16. The van der Waals surface area contributed by atoms with Gasteiger partial charge in [0, 0.05) is 80.6 Å². The second kappa shape index (κ2) is 23.2. The molecule has 0 amide bonds. The third-order valence-electron chi connectivity index (χ3n) is 16.3. The molecule has 12 rings (SSSR count). The van der Waals surface area contributed by atoms with Gasteiger partial charge in [0.25, 0.3) is 0 Å². The number of hydrogen-bond donors (Lipinski definition) is 4. The number of rotatable bonds is 10. The van der Waals surface area contributed by atoms with Gasteiger partial charge in [-0.3, -0.25) is 0 Å². The van der Waals surface area contributed by atoms with E-state index < -0.39 is 11.0 Å². The Balaban J connectivity index is 0.000000167. The molecule has 0 saturated carbocycles. The number of nitrogens with zero attached hydrogens (tertiary/aromatic N) is 10. The van der Waals surface area contributed by atoms with Gasteiger partial charge in [-0.25, -0.2) is 38.8 Å². The zero-order chi connectivity index (χ0) is 54.2. The molecule has 4 aliphatic heterocycles. The molecule has 2 aliphatic carbocycles. The van der Waals surface area contributed by atoms with Crippen molar-refractivity contribution in [3.8, 4) is 0 Å². The minimum Gasteiger partial charge on any atom is -0.381 e. The van der Waals surface area contributed by atoms with Crippen LogP contribution in [0.3, 0.4) is 0 Å². The van der Waals surface area contributed by atoms with Gasteiger partial charge >= 0.3 is 0 Å². The second-order valence-corrected chi connectivity index (χ2v) is 26.8. The molecule has 2 spiro atoms. The lowest BCUT2D eigenvalue weighted by molar-refractivity contribution is 0.122. The predicted octanol–water partition coefficient (Wildman–Crippen LogP) is 8.97. The molecule has 6 aromatic rings. The summed E-state index contributed by atoms with van der Waals surface area (Å²) in [6, 6.07) is 21.1. The van der Waals surface area contributed by atoms with Crippen LogP contribution < -0.4 is 41.5 Å². The first-order valence-corrected chi connectivity index (χ1v) is 30.4. The minimum absolute atomic E-state index is 0.00610. The van der Waals surface area contributed by atoms with Crippen molar-refractivity contribution in [2.75, 3.05) is 110 Å². The van der Waals surface area contributed by atoms with E-state index in [2.05, 4.69) is 87.8 Å². The van der Waals surface area contributed by atoms with E-state index in [-0.39, 0.29) is 27.7 Å². The van der Waals surface area contributed by atoms with Gasteiger partial charge in [-0.1, -0.05) is 95.3 Å². The molecule has 4 saturated heterocycles. The molecule has 0 unspecified atom stereocenters. The molecule has 8 heterocycles. The van der Waals surface area contributed by atoms with Crippen molar-refractivity contribution in [2.24, 2.45) is 16.6 Å². The van der Waals surface area contributed by atoms with Crippen LogP contribution in [0.4, 0.5) is 34.9 Å². The first-order valence-electron chi connectivity index (χ1n) is 26.8. The Hall–Kier alpha value is -5.03. The highest BCUT2D eigenvalue weighted by Gasteiger charge is 2.49. The monoisotopic (exact) mass is 1150 g/mol. The number of benzene rings is 2. The number of nitrogen functional groups attached to an aromatic ring is 2. The maximum atomic E-state index is 13.2. The molecular formula is C56H68Cl2N14O3S3. The van der Waals surface area contributed by atoms with Crippen molar-refractivity contribution in [3.05, 3.63) is 118 Å². The van der Waals surface area contributed by atoms with E-state index in [9.17, 15) is 4.21 Å². The smallest absolute Gasteiger partial charge is 0.158 e. The molecule has 2 aromatic carbocycles. The van der Waals surface area contributed by atoms with Crippen molar-refractivity contribution >= 4 is 92.6 Å². The maximum absolute atomic E-state index is 13.2. The number of hydrogen-bond acceptors (Lipinski definition) is 18. The third-order valence-corrected chi connectivity index (χ3v) is 20.9. The molecule has 3 atom stereocenters. The number of anilines is 6. The van der Waals surface area contributed by atoms with E-state index in [1.807, 2.05) is 45.3 Å². The van der Waals surface area contributed by atoms with Crippen molar-refractivity contribution in [1.82, 2.24) is 34.6 Å². The van der Waals surface area contributed by atoms with Gasteiger partial charge in [-0.05, 0) is 105 Å². The normalized spacial score (nSPS) is 21.1. The molecule has 4 fully saturated rings. The molecule has 78 heavy (non-hydrogen) atoms. The van der Waals surface area contributed by atoms with Gasteiger partial charge in [-0.15, -0.1) is 0 Å². The fourth-order valence-corrected chi connectivity index (χ4v) is 15.0. The molecule has 412 valence electrons. The molecule has 7 N–H and O–H groups in total. The fraction of sp³-hybridized carbons (Fsp3) is 0.464. The Bertz CT molecular complexity index is 3150. The highest BCUT2D eigenvalue weighted by molar-refractivity contribution is 7.99. The van der Waals surface area contributed by atoms with Crippen LogP contribution in [0.2, 0.25) is 10.0 Å². The zero-order valence-corrected chi connectivity index (χ0v) is 48.3. The highest BCUT2D eigenvalue weighted by Crippen LogP contribution is 2.54. The summed E-state index contributed by atoms with van der Waals surface area (Å²) < 4.78 is 27.3. The van der Waals surface area contributed by atoms with Crippen molar-refractivity contribution in [2.45, 2.75) is 96.0 Å². The molecular weight excluding hydrogens is 1080 g/mol. The van der Waals surface area contributed by atoms with Crippen LogP contribution in [0.5, 0.6) is 0 Å². The van der Waals surface area contributed by atoms with E-state index in [1.54, 1.807) is 12.4 Å². The number of nitrogens with one attached hydrogen (secondary N) is 1. The number of piperidine rings is 2. The topological polar surface area (TPSA) is 216 Å². The number of pyridine rings is 2. The molecule has 6 aliphatic rings. The van der Waals surface area contributed by atoms with E-state index in [4.69, 9.17) is 64.8 Å². The van der Waals surface area contributed by atoms with Crippen LogP contribution in [0.25, 0.3) is 0 Å². The van der Waals surface area contributed by atoms with Gasteiger partial charge in [0.2, 0.25) is 0 Å². The van der Waals surface area contributed by atoms with Crippen LogP contribution in [-0.4, -0.2) is 118 Å². The van der Waals surface area contributed by atoms with Crippen LogP contribution in [-0.2, 0) is 33.3 Å². The fourth-order valence-electron chi connectivity index (χ4n) is 11.8. The number of fused-ring (bicyclic) bond motifs is 2. The summed E-state index contributed by atoms with van der Waals surface area (Å²) >= 11 is 16.3. The van der Waals surface area contributed by atoms with Crippen LogP contribution in [0.1, 0.15) is 80.8 Å². The van der Waals surface area contributed by atoms with Crippen molar-refractivity contribution in [3.63, 3.8) is 0 Å². The van der Waals surface area contributed by atoms with Crippen LogP contribution >= 0.6 is 46.7 Å². The molecule has 4 aromatic heterocycles. The predicted molar refractivity (Wildman–Crippen MR) is 314 cm³/mol. The SMILES string of the molecule is CC(C)(C)[S@@](=O)N[C@@H]1c2ccccc2CC12CCN(c1cnc(Sc3ccnc(N4CCOCC4)c3Cl)c(N)n1)CC2.Nc1nc(N2CCC3(CC2)Cc2ccccc2[C@H]3N)cnc1Sc1ccnc(N2CCOCC2)c1Cl. The summed E-state index contributed by atoms with van der Waals surface area (Å²) in [5.41, 5.74) is 25.0. The Morgan fingerprint density at radius 2 is 1.05 bits per heavy atom. The maximum Gasteiger partial charge on any atom is 0.158 e. The van der Waals surface area contributed by atoms with Gasteiger partial charge in [0.1, 0.15) is 33.3 Å². The Morgan fingerprint density at radius 1 is 0.615 bits per heavy atom. The van der Waals surface area contributed by atoms with Crippen LogP contribution in [0, 0.1) is 10.8 Å². The molecule has 0 bridgehead atoms. The van der Waals surface area contributed by atoms with Crippen LogP contribution in [0.15, 0.2) is 105 Å². The highest BCUT2D eigenvalue weighted by atomic mass is 35.5. The first-order chi connectivity index (χ1) is 37.7. The van der Waals surface area contributed by atoms with Gasteiger partial charge in [0.05, 0.1) is 70.6 Å². The molecule has 22 heteroatoms. The van der Waals surface area contributed by atoms with E-state index in [1.165, 1.54) is 45.8 Å². The van der Waals surface area contributed by atoms with Crippen molar-refractivity contribution < 1.29 is 13.7 Å². The lowest BCUT2D eigenvalue weighted by Gasteiger charge is -2.44. The first kappa shape index (κ1) is 54.9. The number of nitrogens with two attached hydrogens (primary N) is 3. The molecule has 17 nitrogen and oxygen atoms in total. The van der Waals surface area contributed by atoms with Gasteiger partial charge in [0.15, 0.2) is 11.6 Å². The summed E-state index contributed by atoms with van der Waals surface area (Å²) in [7, 11) is -1.16. The zero-order valence-electron chi connectivity index (χ0n) is 44.4. The Morgan fingerprint density at radius 3 is 1.51 bits per heavy atom. The summed E-state index contributed by atoms with van der Waals surface area (Å²) in [4.78, 5) is 38.4.